The number of benzene rings is 3. The lowest BCUT2D eigenvalue weighted by atomic mass is 9.96. The van der Waals surface area contributed by atoms with Crippen molar-refractivity contribution < 1.29 is 9.90 Å². The van der Waals surface area contributed by atoms with Crippen LogP contribution in [-0.2, 0) is 11.2 Å². The monoisotopic (exact) mass is 361 g/mol. The van der Waals surface area contributed by atoms with E-state index in [-0.39, 0.29) is 7.55 Å². The molecule has 0 spiro atoms. The standard InChI is InChI=1S/C23H21O2P/c1-26(2)22-13-8-17(9-14-22)7-10-21(16-23(24)25)20-12-11-18-5-3-4-6-19(18)15-20/h3-6,8-9,11-16H,1,7,10H2,2H3/p+1. The summed E-state index contributed by atoms with van der Waals surface area (Å²) in [5.74, 6) is -0.905. The van der Waals surface area contributed by atoms with Crippen LogP contribution in [0.1, 0.15) is 17.5 Å². The number of aryl methyl sites for hydroxylation is 1. The molecule has 0 aliphatic rings. The van der Waals surface area contributed by atoms with Crippen LogP contribution in [0, 0.1) is 0 Å². The van der Waals surface area contributed by atoms with E-state index in [1.165, 1.54) is 16.9 Å². The third-order valence-electron chi connectivity index (χ3n) is 4.48. The fourth-order valence-corrected chi connectivity index (χ4v) is 3.69. The van der Waals surface area contributed by atoms with E-state index in [0.29, 0.717) is 6.42 Å². The summed E-state index contributed by atoms with van der Waals surface area (Å²) < 4.78 is 0. The Labute approximate surface area is 155 Å². The second-order valence-corrected chi connectivity index (χ2v) is 8.35. The average Bonchev–Trinajstić information content (AvgIpc) is 2.64. The highest BCUT2D eigenvalue weighted by molar-refractivity contribution is 7.62. The van der Waals surface area contributed by atoms with Gasteiger partial charge in [-0.15, -0.1) is 0 Å². The number of carbonyl (C=O) groups is 1. The van der Waals surface area contributed by atoms with Crippen LogP contribution in [0.3, 0.4) is 0 Å². The summed E-state index contributed by atoms with van der Waals surface area (Å²) in [6.07, 6.45) is 6.93. The van der Waals surface area contributed by atoms with Crippen molar-refractivity contribution in [1.29, 1.82) is 0 Å². The number of allylic oxidation sites excluding steroid dienone is 1. The SMILES string of the molecule is C=[P+](C)c1ccc(CCC(=CC(=O)O)c2ccc3ccccc3c2)cc1. The molecule has 3 aromatic carbocycles. The molecule has 26 heavy (non-hydrogen) atoms. The van der Waals surface area contributed by atoms with Crippen molar-refractivity contribution in [3.8, 4) is 0 Å². The molecule has 0 aliphatic carbocycles. The maximum absolute atomic E-state index is 11.3. The summed E-state index contributed by atoms with van der Waals surface area (Å²) in [4.78, 5) is 11.3. The van der Waals surface area contributed by atoms with Crippen molar-refractivity contribution in [2.45, 2.75) is 12.8 Å². The second kappa shape index (κ2) is 8.12. The molecule has 0 saturated carbocycles. The first-order valence-corrected chi connectivity index (χ1v) is 10.6. The molecule has 2 nitrogen and oxygen atoms in total. The summed E-state index contributed by atoms with van der Waals surface area (Å²) in [6.45, 7) is 2.14. The Kier molecular flexibility index (Phi) is 5.65. The molecule has 0 saturated heterocycles. The van der Waals surface area contributed by atoms with Gasteiger partial charge >= 0.3 is 5.97 Å². The van der Waals surface area contributed by atoms with Gasteiger partial charge in [-0.3, -0.25) is 0 Å². The van der Waals surface area contributed by atoms with E-state index in [1.54, 1.807) is 0 Å². The average molecular weight is 361 g/mol. The third-order valence-corrected chi connectivity index (χ3v) is 5.66. The Balaban J connectivity index is 1.83. The van der Waals surface area contributed by atoms with Gasteiger partial charge in [-0.2, -0.15) is 0 Å². The largest absolute Gasteiger partial charge is 0.478 e. The van der Waals surface area contributed by atoms with E-state index < -0.39 is 5.97 Å². The van der Waals surface area contributed by atoms with Gasteiger partial charge in [0.1, 0.15) is 19.5 Å². The van der Waals surface area contributed by atoms with Crippen LogP contribution in [-0.4, -0.2) is 24.0 Å². The van der Waals surface area contributed by atoms with E-state index in [9.17, 15) is 9.90 Å². The van der Waals surface area contributed by atoms with Gasteiger partial charge in [-0.1, -0.05) is 48.5 Å². The van der Waals surface area contributed by atoms with E-state index in [1.807, 2.05) is 24.3 Å². The predicted octanol–water partition coefficient (Wildman–Crippen LogP) is 5.11. The molecule has 3 rings (SSSR count). The molecule has 3 aromatic rings. The lowest BCUT2D eigenvalue weighted by molar-refractivity contribution is -0.131. The van der Waals surface area contributed by atoms with Gasteiger partial charge < -0.3 is 5.11 Å². The minimum atomic E-state index is -0.905. The molecule has 0 aliphatic heterocycles. The van der Waals surface area contributed by atoms with Gasteiger partial charge in [0.05, 0.1) is 6.30 Å². The highest BCUT2D eigenvalue weighted by atomic mass is 31.1. The van der Waals surface area contributed by atoms with E-state index in [4.69, 9.17) is 0 Å². The molecule has 0 bridgehead atoms. The zero-order chi connectivity index (χ0) is 18.5. The summed E-state index contributed by atoms with van der Waals surface area (Å²) in [7, 11) is -0.334. The van der Waals surface area contributed by atoms with E-state index >= 15 is 0 Å². The fourth-order valence-electron chi connectivity index (χ4n) is 3.03. The molecule has 1 unspecified atom stereocenters. The zero-order valence-corrected chi connectivity index (χ0v) is 15.7. The first-order chi connectivity index (χ1) is 12.5. The van der Waals surface area contributed by atoms with Gasteiger partial charge in [0, 0.05) is 6.08 Å². The Morgan fingerprint density at radius 3 is 2.38 bits per heavy atom. The topological polar surface area (TPSA) is 37.3 Å². The molecule has 3 heteroatoms. The van der Waals surface area contributed by atoms with Crippen molar-refractivity contribution in [3.63, 3.8) is 0 Å². The van der Waals surface area contributed by atoms with Crippen LogP contribution >= 0.6 is 7.55 Å². The van der Waals surface area contributed by atoms with Gasteiger partial charge in [0.25, 0.3) is 0 Å². The number of rotatable bonds is 6. The maximum Gasteiger partial charge on any atom is 0.328 e. The van der Waals surface area contributed by atoms with Crippen LogP contribution in [0.5, 0.6) is 0 Å². The molecule has 130 valence electrons. The Morgan fingerprint density at radius 1 is 1.04 bits per heavy atom. The van der Waals surface area contributed by atoms with Crippen molar-refractivity contribution in [2.75, 3.05) is 6.66 Å². The first kappa shape index (κ1) is 18.1. The number of carboxylic acids is 1. The molecule has 0 amide bonds. The highest BCUT2D eigenvalue weighted by Crippen LogP contribution is 2.25. The van der Waals surface area contributed by atoms with E-state index in [2.05, 4.69) is 55.4 Å². The Hall–Kier alpha value is -2.70. The molecule has 1 N–H and O–H groups in total. The predicted molar refractivity (Wildman–Crippen MR) is 114 cm³/mol. The number of hydrogen-bond acceptors (Lipinski definition) is 1. The summed E-state index contributed by atoms with van der Waals surface area (Å²) in [5.41, 5.74) is 3.03. The van der Waals surface area contributed by atoms with Gasteiger partial charge in [0.2, 0.25) is 0 Å². The summed E-state index contributed by atoms with van der Waals surface area (Å²) in [5, 5.41) is 12.8. The summed E-state index contributed by atoms with van der Waals surface area (Å²) >= 11 is 0. The quantitative estimate of drug-likeness (QED) is 0.489. The molecule has 0 aromatic heterocycles. The van der Waals surface area contributed by atoms with E-state index in [0.717, 1.165) is 28.3 Å². The van der Waals surface area contributed by atoms with Gasteiger partial charge in [-0.25, -0.2) is 4.79 Å². The lowest BCUT2D eigenvalue weighted by Crippen LogP contribution is -1.98. The van der Waals surface area contributed by atoms with Crippen molar-refractivity contribution in [2.24, 2.45) is 0 Å². The molecular weight excluding hydrogens is 339 g/mol. The zero-order valence-electron chi connectivity index (χ0n) is 14.9. The third kappa shape index (κ3) is 4.47. The number of hydrogen-bond donors (Lipinski definition) is 1. The lowest BCUT2D eigenvalue weighted by Gasteiger charge is -2.09. The minimum absolute atomic E-state index is 0.334. The Morgan fingerprint density at radius 2 is 1.73 bits per heavy atom. The highest BCUT2D eigenvalue weighted by Gasteiger charge is 2.08. The molecule has 0 radical (unpaired) electrons. The Bertz CT molecular complexity index is 985. The van der Waals surface area contributed by atoms with Crippen LogP contribution in [0.25, 0.3) is 16.3 Å². The first-order valence-electron chi connectivity index (χ1n) is 8.59. The number of fused-ring (bicyclic) bond motifs is 1. The summed E-state index contributed by atoms with van der Waals surface area (Å²) in [6, 6.07) is 22.8. The molecule has 1 atom stereocenters. The smallest absolute Gasteiger partial charge is 0.328 e. The minimum Gasteiger partial charge on any atom is -0.478 e. The van der Waals surface area contributed by atoms with Crippen molar-refractivity contribution >= 4 is 41.5 Å². The van der Waals surface area contributed by atoms with Crippen LogP contribution in [0.2, 0.25) is 0 Å². The molecule has 0 heterocycles. The van der Waals surface area contributed by atoms with Gasteiger partial charge in [-0.05, 0) is 58.5 Å². The van der Waals surface area contributed by atoms with Crippen molar-refractivity contribution in [1.82, 2.24) is 0 Å². The van der Waals surface area contributed by atoms with Crippen LogP contribution in [0.15, 0.2) is 72.8 Å². The fraction of sp³-hybridized carbons (Fsp3) is 0.130. The van der Waals surface area contributed by atoms with Gasteiger partial charge in [0.15, 0.2) is 0 Å². The molecular formula is C23H22O2P+. The maximum atomic E-state index is 11.3. The second-order valence-electron chi connectivity index (χ2n) is 6.43. The number of aliphatic carboxylic acids is 1. The van der Waals surface area contributed by atoms with Crippen molar-refractivity contribution in [3.05, 3.63) is 83.9 Å². The normalized spacial score (nSPS) is 12.2. The van der Waals surface area contributed by atoms with Crippen LogP contribution < -0.4 is 5.30 Å². The molecule has 0 fully saturated rings. The number of carboxylic acid groups (broad SMARTS) is 1. The van der Waals surface area contributed by atoms with Crippen LogP contribution in [0.4, 0.5) is 0 Å².